The van der Waals surface area contributed by atoms with Gasteiger partial charge in [-0.2, -0.15) is 0 Å². The van der Waals surface area contributed by atoms with Gasteiger partial charge in [-0.15, -0.1) is 11.8 Å². The molecule has 1 fully saturated rings. The third kappa shape index (κ3) is 6.05. The minimum Gasteiger partial charge on any atom is -0.481 e. The highest BCUT2D eigenvalue weighted by atomic mass is 32.2. The van der Waals surface area contributed by atoms with Crippen molar-refractivity contribution in [2.24, 2.45) is 0 Å². The molecular weight excluding hydrogens is 352 g/mol. The summed E-state index contributed by atoms with van der Waals surface area (Å²) in [6.45, 7) is 2.60. The van der Waals surface area contributed by atoms with Crippen molar-refractivity contribution >= 4 is 35.2 Å². The van der Waals surface area contributed by atoms with Gasteiger partial charge in [0.1, 0.15) is 6.04 Å². The van der Waals surface area contributed by atoms with Gasteiger partial charge in [-0.3, -0.25) is 14.4 Å². The second kappa shape index (κ2) is 10.2. The van der Waals surface area contributed by atoms with Crippen molar-refractivity contribution in [2.45, 2.75) is 50.8 Å². The number of rotatable bonds is 8. The Bertz CT molecular complexity index is 650. The topological polar surface area (TPSA) is 86.7 Å². The molecule has 1 atom stereocenters. The molecule has 1 aliphatic rings. The van der Waals surface area contributed by atoms with E-state index >= 15 is 0 Å². The first-order valence-corrected chi connectivity index (χ1v) is 10.2. The molecule has 0 aliphatic carbocycles. The van der Waals surface area contributed by atoms with Crippen LogP contribution in [0.3, 0.4) is 0 Å². The Morgan fingerprint density at radius 3 is 2.85 bits per heavy atom. The number of piperidine rings is 1. The highest BCUT2D eigenvalue weighted by Gasteiger charge is 2.31. The van der Waals surface area contributed by atoms with Crippen LogP contribution in [-0.4, -0.2) is 46.1 Å². The van der Waals surface area contributed by atoms with Crippen molar-refractivity contribution in [3.8, 4) is 0 Å². The number of thioether (sulfide) groups is 1. The van der Waals surface area contributed by atoms with E-state index in [4.69, 9.17) is 5.11 Å². The number of carboxylic acids is 1. The van der Waals surface area contributed by atoms with Gasteiger partial charge in [0.15, 0.2) is 0 Å². The Kier molecular flexibility index (Phi) is 7.97. The van der Waals surface area contributed by atoms with E-state index in [-0.39, 0.29) is 17.6 Å². The van der Waals surface area contributed by atoms with E-state index in [1.807, 2.05) is 31.2 Å². The molecule has 7 heteroatoms. The second-order valence-electron chi connectivity index (χ2n) is 6.42. The number of likely N-dealkylation sites (tertiary alicyclic amines) is 1. The van der Waals surface area contributed by atoms with Gasteiger partial charge >= 0.3 is 5.97 Å². The molecule has 6 nitrogen and oxygen atoms in total. The monoisotopic (exact) mass is 378 g/mol. The molecule has 2 amide bonds. The first kappa shape index (κ1) is 20.3. The van der Waals surface area contributed by atoms with Crippen molar-refractivity contribution in [2.75, 3.05) is 17.6 Å². The lowest BCUT2D eigenvalue weighted by Crippen LogP contribution is -2.49. The smallest absolute Gasteiger partial charge is 0.313 e. The number of anilines is 1. The summed E-state index contributed by atoms with van der Waals surface area (Å²) in [6.07, 6.45) is 3.82. The zero-order valence-electron chi connectivity index (χ0n) is 15.1. The minimum absolute atomic E-state index is 0.0474. The normalized spacial score (nSPS) is 17.0. The molecule has 0 saturated carbocycles. The largest absolute Gasteiger partial charge is 0.481 e. The van der Waals surface area contributed by atoms with E-state index in [9.17, 15) is 14.4 Å². The number of carbonyl (C=O) groups excluding carboxylic acids is 2. The molecule has 1 unspecified atom stereocenters. The third-order valence-electron chi connectivity index (χ3n) is 4.28. The minimum atomic E-state index is -0.839. The first-order chi connectivity index (χ1) is 12.5. The zero-order chi connectivity index (χ0) is 18.9. The van der Waals surface area contributed by atoms with Gasteiger partial charge in [-0.25, -0.2) is 0 Å². The number of carbonyl (C=O) groups is 3. The standard InChI is InChI=1S/C19H26N2O4S/c1-2-6-17(22)21-10-4-3-9-16(21)19(25)20-15-8-5-7-14(11-15)12-26-13-18(23)24/h5,7-8,11,16H,2-4,6,9-10,12-13H2,1H3,(H,20,25)(H,23,24). The number of carboxylic acid groups (broad SMARTS) is 1. The maximum Gasteiger partial charge on any atom is 0.313 e. The zero-order valence-corrected chi connectivity index (χ0v) is 15.9. The Hall–Kier alpha value is -2.02. The van der Waals surface area contributed by atoms with Crippen molar-refractivity contribution < 1.29 is 19.5 Å². The van der Waals surface area contributed by atoms with Crippen LogP contribution >= 0.6 is 11.8 Å². The molecule has 0 radical (unpaired) electrons. The summed E-state index contributed by atoms with van der Waals surface area (Å²) in [5, 5.41) is 11.6. The number of aliphatic carboxylic acids is 1. The van der Waals surface area contributed by atoms with Crippen molar-refractivity contribution in [1.82, 2.24) is 4.90 Å². The van der Waals surface area contributed by atoms with Crippen LogP contribution in [0.25, 0.3) is 0 Å². The Labute approximate surface area is 158 Å². The summed E-state index contributed by atoms with van der Waals surface area (Å²) in [5.41, 5.74) is 1.63. The quantitative estimate of drug-likeness (QED) is 0.726. The van der Waals surface area contributed by atoms with E-state index in [0.29, 0.717) is 30.8 Å². The molecule has 0 bridgehead atoms. The van der Waals surface area contributed by atoms with Crippen molar-refractivity contribution in [1.29, 1.82) is 0 Å². The van der Waals surface area contributed by atoms with Crippen LogP contribution < -0.4 is 5.32 Å². The summed E-state index contributed by atoms with van der Waals surface area (Å²) in [5.74, 6) is -0.322. The predicted octanol–water partition coefficient (Wildman–Crippen LogP) is 3.12. The van der Waals surface area contributed by atoms with Crippen LogP contribution in [0, 0.1) is 0 Å². The fourth-order valence-electron chi connectivity index (χ4n) is 3.08. The number of nitrogens with one attached hydrogen (secondary N) is 1. The van der Waals surface area contributed by atoms with Gasteiger partial charge in [0.25, 0.3) is 0 Å². The molecule has 1 aromatic rings. The van der Waals surface area contributed by atoms with Crippen LogP contribution in [0.15, 0.2) is 24.3 Å². The number of benzene rings is 1. The lowest BCUT2D eigenvalue weighted by Gasteiger charge is -2.34. The van der Waals surface area contributed by atoms with Crippen LogP contribution in [0.1, 0.15) is 44.6 Å². The summed E-state index contributed by atoms with van der Waals surface area (Å²) in [4.78, 5) is 37.3. The van der Waals surface area contributed by atoms with Gasteiger partial charge < -0.3 is 15.3 Å². The molecule has 1 heterocycles. The van der Waals surface area contributed by atoms with Gasteiger partial charge in [0, 0.05) is 24.4 Å². The molecule has 1 aromatic carbocycles. The van der Waals surface area contributed by atoms with Crippen LogP contribution in [0.2, 0.25) is 0 Å². The van der Waals surface area contributed by atoms with Crippen molar-refractivity contribution in [3.05, 3.63) is 29.8 Å². The number of nitrogens with zero attached hydrogens (tertiary/aromatic N) is 1. The summed E-state index contributed by atoms with van der Waals surface area (Å²) in [7, 11) is 0. The summed E-state index contributed by atoms with van der Waals surface area (Å²) in [6, 6.07) is 7.00. The Balaban J connectivity index is 1.99. The number of hydrogen-bond acceptors (Lipinski definition) is 4. The maximum atomic E-state index is 12.7. The molecular formula is C19H26N2O4S. The van der Waals surface area contributed by atoms with E-state index in [0.717, 1.165) is 24.8 Å². The lowest BCUT2D eigenvalue weighted by molar-refractivity contribution is -0.140. The fraction of sp³-hybridized carbons (Fsp3) is 0.526. The van der Waals surface area contributed by atoms with E-state index in [1.165, 1.54) is 11.8 Å². The van der Waals surface area contributed by atoms with Crippen molar-refractivity contribution in [3.63, 3.8) is 0 Å². The first-order valence-electron chi connectivity index (χ1n) is 9.00. The van der Waals surface area contributed by atoms with Crippen LogP contribution in [0.4, 0.5) is 5.69 Å². The Morgan fingerprint density at radius 2 is 2.12 bits per heavy atom. The van der Waals surface area contributed by atoms with Gasteiger partial charge in [-0.05, 0) is 43.4 Å². The number of amides is 2. The van der Waals surface area contributed by atoms with Gasteiger partial charge in [0.05, 0.1) is 5.75 Å². The highest BCUT2D eigenvalue weighted by Crippen LogP contribution is 2.21. The lowest BCUT2D eigenvalue weighted by atomic mass is 10.0. The maximum absolute atomic E-state index is 12.7. The molecule has 142 valence electrons. The van der Waals surface area contributed by atoms with Gasteiger partial charge in [0.2, 0.25) is 11.8 Å². The summed E-state index contributed by atoms with van der Waals surface area (Å²) >= 11 is 1.31. The molecule has 26 heavy (non-hydrogen) atoms. The highest BCUT2D eigenvalue weighted by molar-refractivity contribution is 7.99. The average molecular weight is 378 g/mol. The summed E-state index contributed by atoms with van der Waals surface area (Å²) < 4.78 is 0. The van der Waals surface area contributed by atoms with Crippen LogP contribution in [0.5, 0.6) is 0 Å². The fourth-order valence-corrected chi connectivity index (χ4v) is 3.77. The molecule has 1 saturated heterocycles. The Morgan fingerprint density at radius 1 is 1.31 bits per heavy atom. The molecule has 2 N–H and O–H groups in total. The predicted molar refractivity (Wildman–Crippen MR) is 103 cm³/mol. The van der Waals surface area contributed by atoms with E-state index in [2.05, 4.69) is 5.32 Å². The van der Waals surface area contributed by atoms with Gasteiger partial charge in [-0.1, -0.05) is 19.1 Å². The van der Waals surface area contributed by atoms with E-state index < -0.39 is 12.0 Å². The van der Waals surface area contributed by atoms with Crippen LogP contribution in [-0.2, 0) is 20.1 Å². The third-order valence-corrected chi connectivity index (χ3v) is 5.27. The van der Waals surface area contributed by atoms with E-state index in [1.54, 1.807) is 4.90 Å². The molecule has 0 aromatic heterocycles. The SMILES string of the molecule is CCCC(=O)N1CCCCC1C(=O)Nc1cccc(CSCC(=O)O)c1. The second-order valence-corrected chi connectivity index (χ2v) is 7.41. The molecule has 2 rings (SSSR count). The number of hydrogen-bond donors (Lipinski definition) is 2. The molecule has 0 spiro atoms. The average Bonchev–Trinajstić information content (AvgIpc) is 2.62. The molecule has 1 aliphatic heterocycles.